The number of benzene rings is 2. The third-order valence-electron chi connectivity index (χ3n) is 8.46. The Morgan fingerprint density at radius 3 is 2.74 bits per heavy atom. The molecular weight excluding hydrogens is 493 g/mol. The number of pyridine rings is 2. The van der Waals surface area contributed by atoms with E-state index in [2.05, 4.69) is 17.4 Å². The quantitative estimate of drug-likeness (QED) is 0.271. The summed E-state index contributed by atoms with van der Waals surface area (Å²) in [6.07, 6.45) is 3.05. The van der Waals surface area contributed by atoms with E-state index in [1.807, 2.05) is 38.1 Å². The van der Waals surface area contributed by atoms with Crippen LogP contribution in [0.3, 0.4) is 0 Å². The Labute approximate surface area is 226 Å². The van der Waals surface area contributed by atoms with E-state index in [4.69, 9.17) is 9.72 Å². The highest BCUT2D eigenvalue weighted by Gasteiger charge is 2.34. The van der Waals surface area contributed by atoms with E-state index in [0.29, 0.717) is 53.1 Å². The lowest BCUT2D eigenvalue weighted by molar-refractivity contribution is -0.109. The van der Waals surface area contributed by atoms with Crippen molar-refractivity contribution in [3.63, 3.8) is 0 Å². The number of nitrogens with zero attached hydrogens (tertiary/aromatic N) is 2. The van der Waals surface area contributed by atoms with E-state index in [1.165, 1.54) is 11.6 Å². The third kappa shape index (κ3) is 4.12. The van der Waals surface area contributed by atoms with Crippen molar-refractivity contribution in [3.8, 4) is 11.4 Å². The largest absolute Gasteiger partial charge is 0.380 e. The van der Waals surface area contributed by atoms with Gasteiger partial charge in [0.05, 0.1) is 30.1 Å². The molecule has 2 aromatic carbocycles. The minimum absolute atomic E-state index is 0.0307. The molecule has 0 saturated carbocycles. The summed E-state index contributed by atoms with van der Waals surface area (Å²) in [6, 6.07) is 13.7. The average molecular weight is 526 g/mol. The number of carbonyl (C=O) groups excluding carboxylic acids is 1. The minimum Gasteiger partial charge on any atom is -0.380 e. The zero-order chi connectivity index (χ0) is 27.3. The molecule has 200 valence electrons. The number of hydrogen-bond acceptors (Lipinski definition) is 5. The van der Waals surface area contributed by atoms with Crippen molar-refractivity contribution in [1.29, 1.82) is 0 Å². The predicted octanol–water partition coefficient (Wildman–Crippen LogP) is 5.49. The minimum atomic E-state index is -0.413. The molecule has 2 unspecified atom stereocenters. The van der Waals surface area contributed by atoms with Crippen molar-refractivity contribution >= 4 is 17.2 Å². The van der Waals surface area contributed by atoms with Gasteiger partial charge >= 0.3 is 0 Å². The van der Waals surface area contributed by atoms with Gasteiger partial charge < -0.3 is 19.4 Å². The lowest BCUT2D eigenvalue weighted by Crippen LogP contribution is -2.28. The number of fused-ring (bicyclic) bond motifs is 4. The lowest BCUT2D eigenvalue weighted by Gasteiger charge is -2.30. The van der Waals surface area contributed by atoms with Crippen LogP contribution in [0.15, 0.2) is 47.3 Å². The average Bonchev–Trinajstić information content (AvgIpc) is 3.32. The molecule has 0 radical (unpaired) electrons. The maximum atomic E-state index is 15.1. The maximum Gasteiger partial charge on any atom is 0.257 e. The third-order valence-corrected chi connectivity index (χ3v) is 8.46. The molecule has 3 heterocycles. The fraction of sp³-hybridized carbons (Fsp3) is 0.344. The number of aromatic nitrogens is 2. The summed E-state index contributed by atoms with van der Waals surface area (Å²) in [7, 11) is 1.55. The Hall–Kier alpha value is -3.68. The molecule has 0 bridgehead atoms. The monoisotopic (exact) mass is 525 g/mol. The number of nitrogens with one attached hydrogen (secondary N) is 1. The van der Waals surface area contributed by atoms with Crippen molar-refractivity contribution in [2.45, 2.75) is 64.8 Å². The number of methoxy groups -OCH3 is 1. The van der Waals surface area contributed by atoms with Crippen LogP contribution in [0.1, 0.15) is 70.7 Å². The van der Waals surface area contributed by atoms with E-state index in [0.717, 1.165) is 41.2 Å². The van der Waals surface area contributed by atoms with Gasteiger partial charge in [0.25, 0.3) is 5.56 Å². The molecule has 4 aromatic rings. The molecule has 39 heavy (non-hydrogen) atoms. The van der Waals surface area contributed by atoms with Gasteiger partial charge in [-0.05, 0) is 60.1 Å². The Morgan fingerprint density at radius 2 is 2.03 bits per heavy atom. The van der Waals surface area contributed by atoms with Gasteiger partial charge in [-0.15, -0.1) is 0 Å². The van der Waals surface area contributed by atoms with Crippen LogP contribution in [-0.2, 0) is 35.6 Å². The summed E-state index contributed by atoms with van der Waals surface area (Å²) in [5.41, 5.74) is 7.98. The van der Waals surface area contributed by atoms with Crippen LogP contribution in [0.4, 0.5) is 4.39 Å². The number of hydrogen-bond donors (Lipinski definition) is 1. The maximum absolute atomic E-state index is 15.1. The number of aryl methyl sites for hydroxylation is 1. The van der Waals surface area contributed by atoms with Gasteiger partial charge in [0.15, 0.2) is 0 Å². The van der Waals surface area contributed by atoms with E-state index in [-0.39, 0.29) is 24.0 Å². The molecule has 2 atom stereocenters. The second-order valence-corrected chi connectivity index (χ2v) is 10.6. The zero-order valence-electron chi connectivity index (χ0n) is 22.5. The van der Waals surface area contributed by atoms with Crippen molar-refractivity contribution in [2.24, 2.45) is 0 Å². The normalized spacial score (nSPS) is 16.3. The Morgan fingerprint density at radius 1 is 1.23 bits per heavy atom. The standard InChI is InChI=1S/C32H32FN3O3/c1-4-20(16-37)22-12-28-31-23(15-36(28)32(38)24(22)17-39-3)30-26(34-14-19-8-6-5-7-9-19)11-10-21-18(2)25(33)13-27(35-31)29(21)30/h5-9,12-13,16,20,26,34H,4,10-11,14-15,17H2,1-3H3. The molecule has 1 aliphatic carbocycles. The molecular formula is C32H32FN3O3. The molecule has 0 amide bonds. The summed E-state index contributed by atoms with van der Waals surface area (Å²) >= 11 is 0. The Kier molecular flexibility index (Phi) is 6.65. The SMILES string of the molecule is CCC(C=O)c1cc2n(c(=O)c1COC)Cc1c-2nc2cc(F)c(C)c3c2c1C(NCc1ccccc1)CC3. The molecule has 6 nitrogen and oxygen atoms in total. The summed E-state index contributed by atoms with van der Waals surface area (Å²) in [6.45, 7) is 4.99. The first-order chi connectivity index (χ1) is 19.0. The van der Waals surface area contributed by atoms with Crippen LogP contribution in [0.2, 0.25) is 0 Å². The molecule has 1 aliphatic heterocycles. The zero-order valence-corrected chi connectivity index (χ0v) is 22.5. The molecule has 2 aromatic heterocycles. The summed E-state index contributed by atoms with van der Waals surface area (Å²) in [5.74, 6) is -0.672. The number of halogens is 1. The van der Waals surface area contributed by atoms with Crippen LogP contribution >= 0.6 is 0 Å². The van der Waals surface area contributed by atoms with Gasteiger partial charge in [0.1, 0.15) is 12.1 Å². The number of ether oxygens (including phenoxy) is 1. The van der Waals surface area contributed by atoms with Crippen molar-refractivity contribution in [3.05, 3.63) is 97.6 Å². The number of aldehydes is 1. The van der Waals surface area contributed by atoms with Crippen LogP contribution in [0.25, 0.3) is 22.3 Å². The first kappa shape index (κ1) is 25.6. The molecule has 7 heteroatoms. The fourth-order valence-electron chi connectivity index (χ4n) is 6.41. The Bertz CT molecular complexity index is 1660. The summed E-state index contributed by atoms with van der Waals surface area (Å²) < 4.78 is 22.2. The van der Waals surface area contributed by atoms with Gasteiger partial charge in [-0.1, -0.05) is 37.3 Å². The molecule has 1 N–H and O–H groups in total. The van der Waals surface area contributed by atoms with E-state index < -0.39 is 5.92 Å². The fourth-order valence-corrected chi connectivity index (χ4v) is 6.41. The summed E-state index contributed by atoms with van der Waals surface area (Å²) in [5, 5.41) is 4.75. The predicted molar refractivity (Wildman–Crippen MR) is 149 cm³/mol. The van der Waals surface area contributed by atoms with Gasteiger partial charge in [-0.25, -0.2) is 9.37 Å². The Balaban J connectivity index is 1.57. The van der Waals surface area contributed by atoms with Crippen molar-refractivity contribution < 1.29 is 13.9 Å². The second-order valence-electron chi connectivity index (χ2n) is 10.6. The first-order valence-corrected chi connectivity index (χ1v) is 13.6. The van der Waals surface area contributed by atoms with E-state index in [9.17, 15) is 9.59 Å². The highest BCUT2D eigenvalue weighted by atomic mass is 19.1. The number of carbonyl (C=O) groups is 1. The topological polar surface area (TPSA) is 73.2 Å². The smallest absolute Gasteiger partial charge is 0.257 e. The van der Waals surface area contributed by atoms with Crippen LogP contribution < -0.4 is 10.9 Å². The van der Waals surface area contributed by atoms with E-state index in [1.54, 1.807) is 11.7 Å². The van der Waals surface area contributed by atoms with Crippen LogP contribution in [0.5, 0.6) is 0 Å². The van der Waals surface area contributed by atoms with Crippen LogP contribution in [0, 0.1) is 12.7 Å². The van der Waals surface area contributed by atoms with Gasteiger partial charge in [0.2, 0.25) is 0 Å². The van der Waals surface area contributed by atoms with E-state index >= 15 is 4.39 Å². The molecule has 0 spiro atoms. The lowest BCUT2D eigenvalue weighted by atomic mass is 9.81. The molecule has 6 rings (SSSR count). The van der Waals surface area contributed by atoms with Crippen molar-refractivity contribution in [1.82, 2.24) is 14.9 Å². The summed E-state index contributed by atoms with van der Waals surface area (Å²) in [4.78, 5) is 30.7. The highest BCUT2D eigenvalue weighted by Crippen LogP contribution is 2.45. The van der Waals surface area contributed by atoms with Gasteiger partial charge in [-0.2, -0.15) is 0 Å². The van der Waals surface area contributed by atoms with Crippen molar-refractivity contribution in [2.75, 3.05) is 7.11 Å². The van der Waals surface area contributed by atoms with Gasteiger partial charge in [0, 0.05) is 48.2 Å². The molecule has 0 saturated heterocycles. The molecule has 2 aliphatic rings. The highest BCUT2D eigenvalue weighted by molar-refractivity contribution is 5.93. The second kappa shape index (κ2) is 10.1. The number of rotatable bonds is 8. The van der Waals surface area contributed by atoms with Gasteiger partial charge in [-0.3, -0.25) is 4.79 Å². The van der Waals surface area contributed by atoms with Crippen LogP contribution in [-0.4, -0.2) is 22.9 Å². The first-order valence-electron chi connectivity index (χ1n) is 13.6. The molecule has 0 fully saturated rings.